The zero-order chi connectivity index (χ0) is 15.2. The fourth-order valence-corrected chi connectivity index (χ4v) is 2.24. The molecular formula is C13H22N4O4. The lowest BCUT2D eigenvalue weighted by Crippen LogP contribution is -2.49. The maximum absolute atomic E-state index is 11.9. The molecule has 1 saturated heterocycles. The normalized spacial score (nSPS) is 22.4. The monoisotopic (exact) mass is 298 g/mol. The van der Waals surface area contributed by atoms with Gasteiger partial charge in [-0.2, -0.15) is 0 Å². The molecule has 0 bridgehead atoms. The standard InChI is InChI=1S/C13H22N4O4/c1-9-8-17(13(20)16-12(9)19)11-7-15-6-10(21-11)5-14-3-2-4-18/h8,10-11,14-15,18H,2-7H2,1H3,(H,16,19,20). The largest absolute Gasteiger partial charge is 0.396 e. The Kier molecular flexibility index (Phi) is 5.68. The predicted octanol–water partition coefficient (Wildman–Crippen LogP) is -1.70. The van der Waals surface area contributed by atoms with Gasteiger partial charge in [-0.05, 0) is 19.9 Å². The van der Waals surface area contributed by atoms with Gasteiger partial charge in [0.2, 0.25) is 0 Å². The minimum absolute atomic E-state index is 0.0680. The third-order valence-electron chi connectivity index (χ3n) is 3.38. The minimum Gasteiger partial charge on any atom is -0.396 e. The van der Waals surface area contributed by atoms with Crippen molar-refractivity contribution >= 4 is 0 Å². The number of aliphatic hydroxyl groups excluding tert-OH is 1. The highest BCUT2D eigenvalue weighted by atomic mass is 16.5. The third kappa shape index (κ3) is 4.24. The van der Waals surface area contributed by atoms with Crippen LogP contribution in [0.5, 0.6) is 0 Å². The topological polar surface area (TPSA) is 108 Å². The lowest BCUT2D eigenvalue weighted by molar-refractivity contribution is -0.0775. The van der Waals surface area contributed by atoms with Crippen LogP contribution in [0.1, 0.15) is 18.2 Å². The van der Waals surface area contributed by atoms with Crippen LogP contribution in [0.3, 0.4) is 0 Å². The third-order valence-corrected chi connectivity index (χ3v) is 3.38. The Labute approximate surface area is 122 Å². The number of nitrogens with zero attached hydrogens (tertiary/aromatic N) is 1. The number of hydrogen-bond donors (Lipinski definition) is 4. The Bertz CT molecular complexity index is 568. The van der Waals surface area contributed by atoms with Crippen LogP contribution in [-0.2, 0) is 4.74 Å². The van der Waals surface area contributed by atoms with Crippen molar-refractivity contribution in [2.24, 2.45) is 0 Å². The van der Waals surface area contributed by atoms with E-state index in [2.05, 4.69) is 15.6 Å². The van der Waals surface area contributed by atoms with Gasteiger partial charge < -0.3 is 20.5 Å². The number of rotatable bonds is 6. The molecule has 2 heterocycles. The number of aliphatic hydroxyl groups is 1. The van der Waals surface area contributed by atoms with Crippen molar-refractivity contribution in [3.63, 3.8) is 0 Å². The molecule has 118 valence electrons. The quantitative estimate of drug-likeness (QED) is 0.466. The molecule has 2 unspecified atom stereocenters. The first-order valence-electron chi connectivity index (χ1n) is 7.11. The summed E-state index contributed by atoms with van der Waals surface area (Å²) < 4.78 is 7.29. The summed E-state index contributed by atoms with van der Waals surface area (Å²) in [5, 5.41) is 15.1. The average Bonchev–Trinajstić information content (AvgIpc) is 2.48. The van der Waals surface area contributed by atoms with Crippen LogP contribution in [0, 0.1) is 6.92 Å². The molecule has 2 atom stereocenters. The highest BCUT2D eigenvalue weighted by Gasteiger charge is 2.24. The fraction of sp³-hybridized carbons (Fsp3) is 0.692. The van der Waals surface area contributed by atoms with Gasteiger partial charge in [-0.25, -0.2) is 4.79 Å². The van der Waals surface area contributed by atoms with Gasteiger partial charge in [-0.1, -0.05) is 0 Å². The van der Waals surface area contributed by atoms with Crippen molar-refractivity contribution in [3.8, 4) is 0 Å². The predicted molar refractivity (Wildman–Crippen MR) is 77.4 cm³/mol. The fourth-order valence-electron chi connectivity index (χ4n) is 2.24. The molecular weight excluding hydrogens is 276 g/mol. The van der Waals surface area contributed by atoms with Crippen LogP contribution in [0.25, 0.3) is 0 Å². The van der Waals surface area contributed by atoms with Crippen molar-refractivity contribution in [3.05, 3.63) is 32.6 Å². The zero-order valence-electron chi connectivity index (χ0n) is 12.1. The number of aromatic nitrogens is 2. The summed E-state index contributed by atoms with van der Waals surface area (Å²) in [7, 11) is 0. The van der Waals surface area contributed by atoms with Gasteiger partial charge in [0, 0.05) is 38.0 Å². The first-order valence-corrected chi connectivity index (χ1v) is 7.11. The van der Waals surface area contributed by atoms with E-state index in [0.717, 1.165) is 6.54 Å². The lowest BCUT2D eigenvalue weighted by atomic mass is 10.2. The molecule has 1 aromatic heterocycles. The van der Waals surface area contributed by atoms with E-state index in [1.165, 1.54) is 10.8 Å². The van der Waals surface area contributed by atoms with Crippen molar-refractivity contribution in [2.45, 2.75) is 25.7 Å². The van der Waals surface area contributed by atoms with Crippen molar-refractivity contribution < 1.29 is 9.84 Å². The van der Waals surface area contributed by atoms with E-state index in [1.54, 1.807) is 6.92 Å². The SMILES string of the molecule is Cc1cn(C2CNCC(CNCCCO)O2)c(=O)[nH]c1=O. The summed E-state index contributed by atoms with van der Waals surface area (Å²) in [4.78, 5) is 25.5. The first-order chi connectivity index (χ1) is 10.1. The zero-order valence-corrected chi connectivity index (χ0v) is 12.1. The summed E-state index contributed by atoms with van der Waals surface area (Å²) in [5.74, 6) is 0. The smallest absolute Gasteiger partial charge is 0.330 e. The van der Waals surface area contributed by atoms with E-state index in [4.69, 9.17) is 9.84 Å². The van der Waals surface area contributed by atoms with E-state index in [1.807, 2.05) is 0 Å². The van der Waals surface area contributed by atoms with Gasteiger partial charge in [-0.3, -0.25) is 14.3 Å². The molecule has 0 spiro atoms. The number of H-pyrrole nitrogens is 1. The average molecular weight is 298 g/mol. The van der Waals surface area contributed by atoms with Gasteiger partial charge in [0.1, 0.15) is 0 Å². The summed E-state index contributed by atoms with van der Waals surface area (Å²) in [5.41, 5.74) is -0.366. The number of ether oxygens (including phenoxy) is 1. The van der Waals surface area contributed by atoms with Gasteiger partial charge in [-0.15, -0.1) is 0 Å². The first kappa shape index (κ1) is 15.9. The van der Waals surface area contributed by atoms with Crippen molar-refractivity contribution in [1.29, 1.82) is 0 Å². The Balaban J connectivity index is 1.99. The second-order valence-corrected chi connectivity index (χ2v) is 5.13. The molecule has 1 aliphatic rings. The van der Waals surface area contributed by atoms with Gasteiger partial charge in [0.25, 0.3) is 5.56 Å². The number of aryl methyl sites for hydroxylation is 1. The Morgan fingerprint density at radius 1 is 1.48 bits per heavy atom. The molecule has 2 rings (SSSR count). The number of hydrogen-bond acceptors (Lipinski definition) is 6. The molecule has 1 fully saturated rings. The second kappa shape index (κ2) is 7.51. The highest BCUT2D eigenvalue weighted by Crippen LogP contribution is 2.12. The van der Waals surface area contributed by atoms with Crippen LogP contribution >= 0.6 is 0 Å². The maximum atomic E-state index is 11.9. The van der Waals surface area contributed by atoms with Gasteiger partial charge in [0.05, 0.1) is 6.10 Å². The molecule has 1 aromatic rings. The van der Waals surface area contributed by atoms with Crippen LogP contribution in [0.2, 0.25) is 0 Å². The number of aromatic amines is 1. The van der Waals surface area contributed by atoms with E-state index in [9.17, 15) is 9.59 Å². The summed E-state index contributed by atoms with van der Waals surface area (Å²) in [6, 6.07) is 0. The minimum atomic E-state index is -0.466. The van der Waals surface area contributed by atoms with E-state index in [-0.39, 0.29) is 18.3 Å². The highest BCUT2D eigenvalue weighted by molar-refractivity contribution is 5.01. The van der Waals surface area contributed by atoms with E-state index >= 15 is 0 Å². The summed E-state index contributed by atoms with van der Waals surface area (Å²) in [6.07, 6.45) is 1.71. The number of morpholine rings is 1. The molecule has 0 radical (unpaired) electrons. The lowest BCUT2D eigenvalue weighted by Gasteiger charge is -2.32. The maximum Gasteiger partial charge on any atom is 0.330 e. The molecule has 8 heteroatoms. The number of nitrogens with one attached hydrogen (secondary N) is 3. The Morgan fingerprint density at radius 2 is 2.29 bits per heavy atom. The molecule has 0 saturated carbocycles. The summed E-state index contributed by atoms with van der Waals surface area (Å²) >= 11 is 0. The Hall–Kier alpha value is -1.48. The molecule has 0 aromatic carbocycles. The van der Waals surface area contributed by atoms with Crippen LogP contribution in [0.15, 0.2) is 15.8 Å². The Morgan fingerprint density at radius 3 is 3.05 bits per heavy atom. The van der Waals surface area contributed by atoms with E-state index < -0.39 is 11.9 Å². The molecule has 4 N–H and O–H groups in total. The van der Waals surface area contributed by atoms with Gasteiger partial charge in [0.15, 0.2) is 6.23 Å². The van der Waals surface area contributed by atoms with Crippen LogP contribution in [-0.4, -0.2) is 53.5 Å². The van der Waals surface area contributed by atoms with Crippen LogP contribution < -0.4 is 21.9 Å². The van der Waals surface area contributed by atoms with Crippen molar-refractivity contribution in [2.75, 3.05) is 32.8 Å². The molecule has 8 nitrogen and oxygen atoms in total. The second-order valence-electron chi connectivity index (χ2n) is 5.13. The van der Waals surface area contributed by atoms with Crippen LogP contribution in [0.4, 0.5) is 0 Å². The van der Waals surface area contributed by atoms with Crippen molar-refractivity contribution in [1.82, 2.24) is 20.2 Å². The molecule has 0 amide bonds. The molecule has 0 aliphatic carbocycles. The molecule has 21 heavy (non-hydrogen) atoms. The molecule has 1 aliphatic heterocycles. The van der Waals surface area contributed by atoms with E-state index in [0.29, 0.717) is 31.6 Å². The van der Waals surface area contributed by atoms with Gasteiger partial charge >= 0.3 is 5.69 Å². The summed E-state index contributed by atoms with van der Waals surface area (Å²) in [6.45, 7) is 4.38.